The van der Waals surface area contributed by atoms with Gasteiger partial charge < -0.3 is 4.90 Å². The van der Waals surface area contributed by atoms with Crippen molar-refractivity contribution < 1.29 is 0 Å². The molecule has 0 unspecified atom stereocenters. The minimum absolute atomic E-state index is 0.104. The zero-order valence-electron chi connectivity index (χ0n) is 13.4. The molecule has 0 radical (unpaired) electrons. The van der Waals surface area contributed by atoms with Crippen LogP contribution in [0.1, 0.15) is 31.0 Å². The van der Waals surface area contributed by atoms with Gasteiger partial charge in [-0.05, 0) is 25.5 Å². The van der Waals surface area contributed by atoms with Crippen LogP contribution in [-0.2, 0) is 13.0 Å². The van der Waals surface area contributed by atoms with Crippen molar-refractivity contribution in [1.82, 2.24) is 14.6 Å². The van der Waals surface area contributed by atoms with E-state index < -0.39 is 0 Å². The van der Waals surface area contributed by atoms with Crippen molar-refractivity contribution in [2.45, 2.75) is 33.2 Å². The third-order valence-corrected chi connectivity index (χ3v) is 4.63. The summed E-state index contributed by atoms with van der Waals surface area (Å²) >= 11 is 1.50. The van der Waals surface area contributed by atoms with Crippen molar-refractivity contribution in [3.8, 4) is 0 Å². The van der Waals surface area contributed by atoms with Crippen LogP contribution in [0.2, 0.25) is 0 Å². The van der Waals surface area contributed by atoms with Crippen molar-refractivity contribution in [3.63, 3.8) is 0 Å². The number of para-hydroxylation sites is 1. The van der Waals surface area contributed by atoms with Gasteiger partial charge in [-0.2, -0.15) is 9.61 Å². The highest BCUT2D eigenvalue weighted by Crippen LogP contribution is 2.17. The maximum Gasteiger partial charge on any atom is 0.275 e. The maximum absolute atomic E-state index is 12.3. The highest BCUT2D eigenvalue weighted by Gasteiger charge is 2.11. The van der Waals surface area contributed by atoms with Crippen LogP contribution in [0.4, 0.5) is 5.69 Å². The van der Waals surface area contributed by atoms with E-state index in [0.29, 0.717) is 11.5 Å². The van der Waals surface area contributed by atoms with E-state index in [0.717, 1.165) is 35.8 Å². The van der Waals surface area contributed by atoms with E-state index in [1.54, 1.807) is 6.07 Å². The van der Waals surface area contributed by atoms with E-state index in [1.165, 1.54) is 15.9 Å². The molecule has 3 rings (SSSR count). The summed E-state index contributed by atoms with van der Waals surface area (Å²) in [6, 6.07) is 11.8. The second-order valence-corrected chi connectivity index (χ2v) is 6.42. The zero-order valence-corrected chi connectivity index (χ0v) is 14.2. The van der Waals surface area contributed by atoms with Gasteiger partial charge in [-0.3, -0.25) is 4.79 Å². The Morgan fingerprint density at radius 2 is 2.00 bits per heavy atom. The molecule has 0 aliphatic carbocycles. The van der Waals surface area contributed by atoms with E-state index in [9.17, 15) is 4.79 Å². The second kappa shape index (κ2) is 6.91. The molecule has 0 atom stereocenters. The Morgan fingerprint density at radius 3 is 2.70 bits per heavy atom. The summed E-state index contributed by atoms with van der Waals surface area (Å²) in [7, 11) is 0. The summed E-state index contributed by atoms with van der Waals surface area (Å²) in [5.41, 5.74) is 1.81. The van der Waals surface area contributed by atoms with Gasteiger partial charge in [-0.25, -0.2) is 4.98 Å². The van der Waals surface area contributed by atoms with Gasteiger partial charge >= 0.3 is 0 Å². The van der Waals surface area contributed by atoms with Crippen LogP contribution in [0, 0.1) is 0 Å². The van der Waals surface area contributed by atoms with Crippen LogP contribution in [0.5, 0.6) is 0 Å². The highest BCUT2D eigenvalue weighted by atomic mass is 32.1. The van der Waals surface area contributed by atoms with Crippen LogP contribution in [0.25, 0.3) is 4.96 Å². The van der Waals surface area contributed by atoms with Gasteiger partial charge in [0, 0.05) is 24.7 Å². The molecule has 0 aliphatic rings. The topological polar surface area (TPSA) is 50.5 Å². The molecule has 0 saturated carbocycles. The maximum atomic E-state index is 12.3. The molecule has 0 fully saturated rings. The standard InChI is InChI=1S/C17H20N4OS/c1-3-8-15-19-21-16(22)11-13(18-17(21)23-15)12-20(4-2)14-9-6-5-7-10-14/h5-7,9-11H,3-4,8,12H2,1-2H3. The monoisotopic (exact) mass is 328 g/mol. The molecule has 2 heterocycles. The van der Waals surface area contributed by atoms with Crippen molar-refractivity contribution >= 4 is 22.0 Å². The molecular formula is C17H20N4OS. The Kier molecular flexibility index (Phi) is 4.71. The molecular weight excluding hydrogens is 308 g/mol. The van der Waals surface area contributed by atoms with Crippen LogP contribution < -0.4 is 10.5 Å². The molecule has 3 aromatic rings. The molecule has 23 heavy (non-hydrogen) atoms. The summed E-state index contributed by atoms with van der Waals surface area (Å²) in [5.74, 6) is 0. The second-order valence-electron chi connectivity index (χ2n) is 5.38. The van der Waals surface area contributed by atoms with E-state index in [4.69, 9.17) is 0 Å². The smallest absolute Gasteiger partial charge is 0.275 e. The summed E-state index contributed by atoms with van der Waals surface area (Å²) < 4.78 is 1.41. The van der Waals surface area contributed by atoms with E-state index in [-0.39, 0.29) is 5.56 Å². The molecule has 1 aromatic carbocycles. The average Bonchev–Trinajstić information content (AvgIpc) is 2.97. The molecule has 0 amide bonds. The van der Waals surface area contributed by atoms with Crippen LogP contribution in [0.3, 0.4) is 0 Å². The molecule has 0 bridgehead atoms. The molecule has 6 heteroatoms. The average molecular weight is 328 g/mol. The van der Waals surface area contributed by atoms with E-state index in [1.807, 2.05) is 18.2 Å². The number of hydrogen-bond donors (Lipinski definition) is 0. The summed E-state index contributed by atoms with van der Waals surface area (Å²) in [4.78, 5) is 19.8. The third kappa shape index (κ3) is 3.42. The molecule has 0 spiro atoms. The van der Waals surface area contributed by atoms with Gasteiger partial charge in [0.05, 0.1) is 12.2 Å². The first kappa shape index (κ1) is 15.7. The normalized spacial score (nSPS) is 11.0. The number of benzene rings is 1. The molecule has 0 saturated heterocycles. The number of anilines is 1. The molecule has 0 N–H and O–H groups in total. The Bertz CT molecular complexity index is 841. The van der Waals surface area contributed by atoms with Gasteiger partial charge in [-0.15, -0.1) is 0 Å². The van der Waals surface area contributed by atoms with Crippen molar-refractivity contribution in [2.24, 2.45) is 0 Å². The van der Waals surface area contributed by atoms with Crippen molar-refractivity contribution in [1.29, 1.82) is 0 Å². The first-order chi connectivity index (χ1) is 11.2. The molecule has 120 valence electrons. The van der Waals surface area contributed by atoms with Crippen LogP contribution in [-0.4, -0.2) is 21.1 Å². The van der Waals surface area contributed by atoms with E-state index >= 15 is 0 Å². The lowest BCUT2D eigenvalue weighted by atomic mass is 10.2. The lowest BCUT2D eigenvalue weighted by molar-refractivity contribution is 0.784. The summed E-state index contributed by atoms with van der Waals surface area (Å²) in [5, 5.41) is 5.31. The summed E-state index contributed by atoms with van der Waals surface area (Å²) in [6.07, 6.45) is 1.90. The Balaban J connectivity index is 1.92. The fourth-order valence-electron chi connectivity index (χ4n) is 2.51. The highest BCUT2D eigenvalue weighted by molar-refractivity contribution is 7.16. The third-order valence-electron chi connectivity index (χ3n) is 3.66. The van der Waals surface area contributed by atoms with Crippen LogP contribution in [0.15, 0.2) is 41.2 Å². The van der Waals surface area contributed by atoms with Gasteiger partial charge in [0.25, 0.3) is 5.56 Å². The lowest BCUT2D eigenvalue weighted by Gasteiger charge is -2.22. The first-order valence-corrected chi connectivity index (χ1v) is 8.71. The summed E-state index contributed by atoms with van der Waals surface area (Å²) in [6.45, 7) is 5.68. The predicted octanol–water partition coefficient (Wildman–Crippen LogP) is 3.13. The Hall–Kier alpha value is -2.21. The first-order valence-electron chi connectivity index (χ1n) is 7.90. The minimum Gasteiger partial charge on any atom is -0.366 e. The minimum atomic E-state index is -0.104. The van der Waals surface area contributed by atoms with Gasteiger partial charge in [-0.1, -0.05) is 36.5 Å². The van der Waals surface area contributed by atoms with Crippen molar-refractivity contribution in [2.75, 3.05) is 11.4 Å². The van der Waals surface area contributed by atoms with Gasteiger partial charge in [0.15, 0.2) is 0 Å². The molecule has 5 nitrogen and oxygen atoms in total. The van der Waals surface area contributed by atoms with Crippen molar-refractivity contribution in [3.05, 3.63) is 57.5 Å². The Morgan fingerprint density at radius 1 is 1.22 bits per heavy atom. The fourth-order valence-corrected chi connectivity index (χ4v) is 3.53. The quantitative estimate of drug-likeness (QED) is 0.697. The van der Waals surface area contributed by atoms with Gasteiger partial charge in [0.1, 0.15) is 5.01 Å². The van der Waals surface area contributed by atoms with Gasteiger partial charge in [0.2, 0.25) is 4.96 Å². The number of hydrogen-bond acceptors (Lipinski definition) is 5. The molecule has 0 aliphatic heterocycles. The van der Waals surface area contributed by atoms with Crippen LogP contribution >= 0.6 is 11.3 Å². The fraction of sp³-hybridized carbons (Fsp3) is 0.353. The Labute approximate surface area is 139 Å². The number of aryl methyl sites for hydroxylation is 1. The predicted molar refractivity (Wildman–Crippen MR) is 94.3 cm³/mol. The number of aromatic nitrogens is 3. The molecule has 2 aromatic heterocycles. The lowest BCUT2D eigenvalue weighted by Crippen LogP contribution is -2.24. The number of fused-ring (bicyclic) bond motifs is 1. The van der Waals surface area contributed by atoms with E-state index in [2.05, 4.69) is 41.0 Å². The number of nitrogens with zero attached hydrogens (tertiary/aromatic N) is 4. The largest absolute Gasteiger partial charge is 0.366 e. The number of rotatable bonds is 6. The SMILES string of the molecule is CCCc1nn2c(=O)cc(CN(CC)c3ccccc3)nc2s1. The zero-order chi connectivity index (χ0) is 16.2.